The van der Waals surface area contributed by atoms with E-state index in [4.69, 9.17) is 18.9 Å². The smallest absolute Gasteiger partial charge is 0.231 e. The lowest BCUT2D eigenvalue weighted by atomic mass is 9.94. The van der Waals surface area contributed by atoms with Crippen LogP contribution in [0, 0.1) is 0 Å². The van der Waals surface area contributed by atoms with Crippen molar-refractivity contribution in [2.24, 2.45) is 0 Å². The predicted octanol–water partition coefficient (Wildman–Crippen LogP) is 1.93. The monoisotopic (exact) mass is 446 g/mol. The second-order valence-electron chi connectivity index (χ2n) is 9.40. The zero-order chi connectivity index (χ0) is 21.9. The van der Waals surface area contributed by atoms with Crippen LogP contribution in [0.3, 0.4) is 0 Å². The Kier molecular flexibility index (Phi) is 6.83. The molecule has 4 aliphatic rings. The Morgan fingerprint density at radius 3 is 2.78 bits per heavy atom. The first-order chi connectivity index (χ1) is 15.7. The molecule has 0 aromatic heterocycles. The average Bonchev–Trinajstić information content (AvgIpc) is 3.26. The van der Waals surface area contributed by atoms with Crippen molar-refractivity contribution in [3.05, 3.63) is 23.8 Å². The summed E-state index contributed by atoms with van der Waals surface area (Å²) in [6.45, 7) is 3.96. The average molecular weight is 447 g/mol. The van der Waals surface area contributed by atoms with Crippen molar-refractivity contribution < 1.29 is 28.8 Å². The molecule has 0 radical (unpaired) electrons. The van der Waals surface area contributed by atoms with E-state index in [0.717, 1.165) is 55.8 Å². The molecule has 176 valence electrons. The summed E-state index contributed by atoms with van der Waals surface area (Å²) in [5.41, 5.74) is 1.11. The van der Waals surface area contributed by atoms with Crippen LogP contribution in [-0.2, 0) is 20.8 Å². The number of rotatable bonds is 4. The number of likely N-dealkylation sites (tertiary alicyclic amines) is 1. The van der Waals surface area contributed by atoms with Gasteiger partial charge in [0.05, 0.1) is 37.9 Å². The Bertz CT molecular complexity index is 799. The highest BCUT2D eigenvalue weighted by molar-refractivity contribution is 5.76. The van der Waals surface area contributed by atoms with Crippen LogP contribution in [0.4, 0.5) is 0 Å². The summed E-state index contributed by atoms with van der Waals surface area (Å²) in [6.07, 6.45) is 4.93. The van der Waals surface area contributed by atoms with Crippen molar-refractivity contribution in [1.29, 1.82) is 0 Å². The normalized spacial score (nSPS) is 31.0. The summed E-state index contributed by atoms with van der Waals surface area (Å²) in [5.74, 6) is 1.76. The van der Waals surface area contributed by atoms with Gasteiger partial charge < -0.3 is 29.0 Å². The number of piperidine rings is 1. The van der Waals surface area contributed by atoms with E-state index in [-0.39, 0.29) is 30.9 Å². The standard InChI is InChI=1S/C24H34N2O6/c27-18-13-26(12-17-4-7-21-22(10-17)31-16-30-21)20-6-5-19(32-23(20)15-29-14-18)11-24(28)25-8-2-1-3-9-25/h4,7,10,18-20,23,27H,1-3,5-6,8-9,11-16H2/t18-,19+,20-,23+/m0/s1. The minimum absolute atomic E-state index is 0.0639. The second kappa shape index (κ2) is 9.95. The van der Waals surface area contributed by atoms with Gasteiger partial charge in [0, 0.05) is 32.2 Å². The SMILES string of the molecule is O=C(C[C@H]1CC[C@H]2[C@@H](COC[C@@H](O)CN2Cc2ccc3c(c2)OCO3)O1)N1CCCCC1. The van der Waals surface area contributed by atoms with Crippen LogP contribution < -0.4 is 9.47 Å². The van der Waals surface area contributed by atoms with Gasteiger partial charge >= 0.3 is 0 Å². The van der Waals surface area contributed by atoms with Gasteiger partial charge in [0.15, 0.2) is 11.5 Å². The van der Waals surface area contributed by atoms with Crippen molar-refractivity contribution in [1.82, 2.24) is 9.80 Å². The Morgan fingerprint density at radius 1 is 1.06 bits per heavy atom. The van der Waals surface area contributed by atoms with Crippen LogP contribution in [0.25, 0.3) is 0 Å². The second-order valence-corrected chi connectivity index (χ2v) is 9.40. The van der Waals surface area contributed by atoms with E-state index in [1.54, 1.807) is 0 Å². The first kappa shape index (κ1) is 21.9. The first-order valence-corrected chi connectivity index (χ1v) is 12.0. The van der Waals surface area contributed by atoms with E-state index in [9.17, 15) is 9.90 Å². The highest BCUT2D eigenvalue weighted by Crippen LogP contribution is 2.34. The molecule has 0 bridgehead atoms. The fourth-order valence-corrected chi connectivity index (χ4v) is 5.37. The number of aliphatic hydroxyl groups is 1. The molecule has 32 heavy (non-hydrogen) atoms. The minimum Gasteiger partial charge on any atom is -0.454 e. The maximum Gasteiger partial charge on any atom is 0.231 e. The van der Waals surface area contributed by atoms with E-state index in [0.29, 0.717) is 32.7 Å². The summed E-state index contributed by atoms with van der Waals surface area (Å²) in [7, 11) is 0. The van der Waals surface area contributed by atoms with E-state index < -0.39 is 6.10 Å². The summed E-state index contributed by atoms with van der Waals surface area (Å²) in [5, 5.41) is 10.4. The fraction of sp³-hybridized carbons (Fsp3) is 0.708. The lowest BCUT2D eigenvalue weighted by Gasteiger charge is -2.44. The summed E-state index contributed by atoms with van der Waals surface area (Å²) in [4.78, 5) is 17.0. The third-order valence-corrected chi connectivity index (χ3v) is 7.02. The van der Waals surface area contributed by atoms with Crippen molar-refractivity contribution in [2.45, 2.75) is 69.4 Å². The van der Waals surface area contributed by atoms with E-state index in [2.05, 4.69) is 4.90 Å². The molecule has 4 heterocycles. The maximum atomic E-state index is 12.7. The Balaban J connectivity index is 1.24. The van der Waals surface area contributed by atoms with Crippen LogP contribution in [0.1, 0.15) is 44.1 Å². The molecule has 0 saturated carbocycles. The Hall–Kier alpha value is -1.87. The molecule has 0 aliphatic carbocycles. The number of nitrogens with zero attached hydrogens (tertiary/aromatic N) is 2. The molecule has 4 atom stereocenters. The van der Waals surface area contributed by atoms with Crippen LogP contribution in [0.2, 0.25) is 0 Å². The molecule has 5 rings (SSSR count). The van der Waals surface area contributed by atoms with E-state index in [1.807, 2.05) is 23.1 Å². The van der Waals surface area contributed by atoms with Gasteiger partial charge in [0.25, 0.3) is 0 Å². The quantitative estimate of drug-likeness (QED) is 0.757. The lowest BCUT2D eigenvalue weighted by molar-refractivity contribution is -0.161. The van der Waals surface area contributed by atoms with Crippen molar-refractivity contribution in [3.8, 4) is 11.5 Å². The number of carbonyl (C=O) groups excluding carboxylic acids is 1. The van der Waals surface area contributed by atoms with Crippen molar-refractivity contribution >= 4 is 5.91 Å². The number of fused-ring (bicyclic) bond motifs is 2. The fourth-order valence-electron chi connectivity index (χ4n) is 5.37. The zero-order valence-corrected chi connectivity index (χ0v) is 18.6. The predicted molar refractivity (Wildman–Crippen MR) is 117 cm³/mol. The minimum atomic E-state index is -0.539. The summed E-state index contributed by atoms with van der Waals surface area (Å²) in [6, 6.07) is 6.14. The Morgan fingerprint density at radius 2 is 1.91 bits per heavy atom. The van der Waals surface area contributed by atoms with Gasteiger partial charge in [-0.05, 0) is 49.8 Å². The molecular weight excluding hydrogens is 412 g/mol. The molecule has 3 saturated heterocycles. The summed E-state index contributed by atoms with van der Waals surface area (Å²) < 4.78 is 23.1. The molecular formula is C24H34N2O6. The molecule has 1 aromatic rings. The molecule has 1 aromatic carbocycles. The molecule has 3 fully saturated rings. The Labute approximate surface area is 189 Å². The molecule has 8 heteroatoms. The molecule has 8 nitrogen and oxygen atoms in total. The number of aliphatic hydroxyl groups excluding tert-OH is 1. The lowest BCUT2D eigenvalue weighted by Crippen LogP contribution is -2.55. The number of benzene rings is 1. The van der Waals surface area contributed by atoms with Gasteiger partial charge in [-0.15, -0.1) is 0 Å². The molecule has 1 amide bonds. The van der Waals surface area contributed by atoms with Gasteiger partial charge in [-0.2, -0.15) is 0 Å². The topological polar surface area (TPSA) is 80.7 Å². The van der Waals surface area contributed by atoms with Gasteiger partial charge in [0.1, 0.15) is 0 Å². The number of hydrogen-bond acceptors (Lipinski definition) is 7. The third kappa shape index (κ3) is 5.03. The van der Waals surface area contributed by atoms with Gasteiger partial charge in [-0.25, -0.2) is 0 Å². The zero-order valence-electron chi connectivity index (χ0n) is 18.6. The molecule has 1 N–H and O–H groups in total. The molecule has 4 aliphatic heterocycles. The highest BCUT2D eigenvalue weighted by Gasteiger charge is 2.38. The molecule has 0 unspecified atom stereocenters. The number of ether oxygens (including phenoxy) is 4. The van der Waals surface area contributed by atoms with Crippen LogP contribution in [-0.4, -0.2) is 84.8 Å². The maximum absolute atomic E-state index is 12.7. The van der Waals surface area contributed by atoms with Crippen molar-refractivity contribution in [3.63, 3.8) is 0 Å². The van der Waals surface area contributed by atoms with Crippen LogP contribution in [0.15, 0.2) is 18.2 Å². The van der Waals surface area contributed by atoms with Crippen molar-refractivity contribution in [2.75, 3.05) is 39.6 Å². The largest absolute Gasteiger partial charge is 0.454 e. The number of hydrogen-bond donors (Lipinski definition) is 1. The summed E-state index contributed by atoms with van der Waals surface area (Å²) >= 11 is 0. The van der Waals surface area contributed by atoms with E-state index >= 15 is 0 Å². The highest BCUT2D eigenvalue weighted by atomic mass is 16.7. The molecule has 0 spiro atoms. The van der Waals surface area contributed by atoms with Gasteiger partial charge in [-0.1, -0.05) is 6.07 Å². The number of β-amino-alcohol motifs (C(OH)–C–C–N with tert-alkyl or cyclic N) is 1. The third-order valence-electron chi connectivity index (χ3n) is 7.02. The van der Waals surface area contributed by atoms with E-state index in [1.165, 1.54) is 6.42 Å². The van der Waals surface area contributed by atoms with Gasteiger partial charge in [-0.3, -0.25) is 9.69 Å². The van der Waals surface area contributed by atoms with Gasteiger partial charge in [0.2, 0.25) is 12.7 Å². The number of amides is 1. The number of carbonyl (C=O) groups is 1. The first-order valence-electron chi connectivity index (χ1n) is 12.0. The van der Waals surface area contributed by atoms with Crippen LogP contribution in [0.5, 0.6) is 11.5 Å². The van der Waals surface area contributed by atoms with Crippen LogP contribution >= 0.6 is 0 Å².